The van der Waals surface area contributed by atoms with E-state index in [9.17, 15) is 18.0 Å². The molecule has 1 atom stereocenters. The zero-order chi connectivity index (χ0) is 24.7. The lowest BCUT2D eigenvalue weighted by Crippen LogP contribution is -2.55. The van der Waals surface area contributed by atoms with E-state index in [0.29, 0.717) is 12.0 Å². The van der Waals surface area contributed by atoms with Gasteiger partial charge in [0, 0.05) is 0 Å². The number of benzene rings is 1. The van der Waals surface area contributed by atoms with Crippen molar-refractivity contribution in [1.82, 2.24) is 9.29 Å². The van der Waals surface area contributed by atoms with Gasteiger partial charge >= 0.3 is 16.4 Å². The number of hydrogen-bond donors (Lipinski definition) is 1. The van der Waals surface area contributed by atoms with Crippen molar-refractivity contribution in [3.63, 3.8) is 0 Å². The van der Waals surface area contributed by atoms with Crippen LogP contribution in [0.2, 0.25) is 19.6 Å². The molecule has 0 aliphatic heterocycles. The van der Waals surface area contributed by atoms with Crippen LogP contribution < -0.4 is 5.32 Å². The Balaban J connectivity index is 3.02. The molecule has 0 aliphatic carbocycles. The highest BCUT2D eigenvalue weighted by Crippen LogP contribution is 2.19. The molecule has 0 aliphatic rings. The Kier molecular flexibility index (Phi) is 10.1. The Morgan fingerprint density at radius 3 is 2.12 bits per heavy atom. The molecule has 0 heterocycles. The third kappa shape index (κ3) is 10.2. The van der Waals surface area contributed by atoms with Crippen LogP contribution in [0, 0.1) is 5.92 Å². The molecule has 0 unspecified atom stereocenters. The zero-order valence-corrected chi connectivity index (χ0v) is 22.3. The molecule has 1 aromatic carbocycles. The molecule has 0 radical (unpaired) electrons. The first-order valence-corrected chi connectivity index (χ1v) is 15.6. The quantitative estimate of drug-likeness (QED) is 0.473. The van der Waals surface area contributed by atoms with Crippen LogP contribution in [0.3, 0.4) is 0 Å². The third-order valence-corrected chi connectivity index (χ3v) is 9.37. The summed E-state index contributed by atoms with van der Waals surface area (Å²) in [5.41, 5.74) is -0.00343. The number of alkyl carbamates (subject to hydrolysis) is 1. The number of carbonyl (C=O) groups excluding carboxylic acids is 2. The highest BCUT2D eigenvalue weighted by molar-refractivity contribution is 7.85. The second kappa shape index (κ2) is 11.4. The van der Waals surface area contributed by atoms with Crippen LogP contribution in [-0.2, 0) is 30.6 Å². The standard InChI is InChI=1S/C22H38N2O6SSi/c1-17(2)14-19(23-21(26)30-22(3,4)5)20(25)15-24(32(6,7)8)31(27,28)29-16-18-12-10-9-11-13-18/h9-13,17,19H,14-16H2,1-8H3,(H,23,26)/t19-/m0/s1. The normalized spacial score (nSPS) is 13.8. The number of amides is 1. The molecule has 1 N–H and O–H groups in total. The van der Waals surface area contributed by atoms with E-state index in [1.807, 2.05) is 39.6 Å². The second-order valence-corrected chi connectivity index (χ2v) is 16.9. The van der Waals surface area contributed by atoms with E-state index in [4.69, 9.17) is 8.92 Å². The Hall–Kier alpha value is -1.75. The molecule has 32 heavy (non-hydrogen) atoms. The number of ether oxygens (including phenoxy) is 1. The van der Waals surface area contributed by atoms with Crippen molar-refractivity contribution in [3.8, 4) is 0 Å². The van der Waals surface area contributed by atoms with Gasteiger partial charge in [-0.25, -0.2) is 4.79 Å². The van der Waals surface area contributed by atoms with Gasteiger partial charge in [0.25, 0.3) is 0 Å². The lowest BCUT2D eigenvalue weighted by atomic mass is 10.0. The third-order valence-electron chi connectivity index (χ3n) is 4.32. The summed E-state index contributed by atoms with van der Waals surface area (Å²) < 4.78 is 37.8. The molecule has 1 rings (SSSR count). The van der Waals surface area contributed by atoms with Crippen LogP contribution in [0.4, 0.5) is 4.79 Å². The summed E-state index contributed by atoms with van der Waals surface area (Å²) in [4.78, 5) is 25.4. The molecular weight excluding hydrogens is 448 g/mol. The second-order valence-electron chi connectivity index (χ2n) is 10.2. The highest BCUT2D eigenvalue weighted by atomic mass is 32.2. The van der Waals surface area contributed by atoms with Crippen LogP contribution in [-0.4, -0.2) is 50.7 Å². The monoisotopic (exact) mass is 486 g/mol. The first-order chi connectivity index (χ1) is 14.5. The van der Waals surface area contributed by atoms with Gasteiger partial charge < -0.3 is 10.1 Å². The summed E-state index contributed by atoms with van der Waals surface area (Å²) >= 11 is 0. The summed E-state index contributed by atoms with van der Waals surface area (Å²) in [5, 5.41) is 2.61. The lowest BCUT2D eigenvalue weighted by molar-refractivity contribution is -0.121. The van der Waals surface area contributed by atoms with Crippen molar-refractivity contribution in [3.05, 3.63) is 35.9 Å². The van der Waals surface area contributed by atoms with Gasteiger partial charge in [-0.1, -0.05) is 63.8 Å². The van der Waals surface area contributed by atoms with Crippen molar-refractivity contribution in [2.75, 3.05) is 6.54 Å². The van der Waals surface area contributed by atoms with Crippen LogP contribution in [0.5, 0.6) is 0 Å². The summed E-state index contributed by atoms with van der Waals surface area (Å²) in [5.74, 6) is -0.302. The van der Waals surface area contributed by atoms with E-state index in [0.717, 1.165) is 3.97 Å². The minimum absolute atomic E-state index is 0.102. The molecule has 0 fully saturated rings. The molecule has 182 valence electrons. The summed E-state index contributed by atoms with van der Waals surface area (Å²) in [6, 6.07) is 8.09. The van der Waals surface area contributed by atoms with E-state index in [2.05, 4.69) is 5.32 Å². The zero-order valence-electron chi connectivity index (χ0n) is 20.5. The lowest BCUT2D eigenvalue weighted by Gasteiger charge is -2.33. The van der Waals surface area contributed by atoms with Crippen molar-refractivity contribution >= 4 is 30.4 Å². The Morgan fingerprint density at radius 2 is 1.66 bits per heavy atom. The highest BCUT2D eigenvalue weighted by Gasteiger charge is 2.38. The number of nitrogens with zero attached hydrogens (tertiary/aromatic N) is 1. The maximum atomic E-state index is 13.1. The first kappa shape index (κ1) is 28.3. The number of hydrogen-bond acceptors (Lipinski definition) is 6. The molecular formula is C22H38N2O6SSi. The molecule has 1 amide bonds. The van der Waals surface area contributed by atoms with Gasteiger partial charge in [0.05, 0.1) is 19.2 Å². The Labute approximate surface area is 194 Å². The van der Waals surface area contributed by atoms with Crippen molar-refractivity contribution in [2.45, 2.75) is 78.9 Å². The Morgan fingerprint density at radius 1 is 1.09 bits per heavy atom. The molecule has 0 aromatic heterocycles. The van der Waals surface area contributed by atoms with Gasteiger partial charge in [0.1, 0.15) is 13.8 Å². The fourth-order valence-electron chi connectivity index (χ4n) is 2.88. The topological polar surface area (TPSA) is 102 Å². The largest absolute Gasteiger partial charge is 0.444 e. The number of carbonyl (C=O) groups is 2. The smallest absolute Gasteiger partial charge is 0.408 e. The van der Waals surface area contributed by atoms with Crippen molar-refractivity contribution < 1.29 is 26.9 Å². The SMILES string of the molecule is CC(C)C[C@H](NC(=O)OC(C)(C)C)C(=O)CN([Si](C)(C)C)S(=O)(=O)OCc1ccccc1. The van der Waals surface area contributed by atoms with E-state index in [1.54, 1.807) is 45.0 Å². The average Bonchev–Trinajstić information content (AvgIpc) is 2.61. The van der Waals surface area contributed by atoms with Crippen LogP contribution in [0.1, 0.15) is 46.6 Å². The summed E-state index contributed by atoms with van der Waals surface area (Å²) in [7, 11) is -6.69. The fraction of sp³-hybridized carbons (Fsp3) is 0.636. The average molecular weight is 487 g/mol. The number of ketones is 1. The molecule has 0 saturated heterocycles. The molecule has 1 aromatic rings. The number of nitrogens with one attached hydrogen (secondary N) is 1. The Bertz CT molecular complexity index is 861. The van der Waals surface area contributed by atoms with Gasteiger partial charge in [-0.2, -0.15) is 12.4 Å². The van der Waals surface area contributed by atoms with E-state index in [-0.39, 0.29) is 19.1 Å². The number of rotatable bonds is 11. The van der Waals surface area contributed by atoms with Gasteiger partial charge in [0.2, 0.25) is 0 Å². The van der Waals surface area contributed by atoms with Gasteiger partial charge in [0.15, 0.2) is 5.78 Å². The van der Waals surface area contributed by atoms with E-state index in [1.165, 1.54) is 0 Å². The molecule has 8 nitrogen and oxygen atoms in total. The first-order valence-electron chi connectivity index (χ1n) is 10.7. The molecule has 0 saturated carbocycles. The van der Waals surface area contributed by atoms with Crippen molar-refractivity contribution in [1.29, 1.82) is 0 Å². The van der Waals surface area contributed by atoms with Gasteiger partial charge in [-0.15, -0.1) is 0 Å². The van der Waals surface area contributed by atoms with Gasteiger partial charge in [-0.05, 0) is 38.7 Å². The van der Waals surface area contributed by atoms with Crippen LogP contribution >= 0.6 is 0 Å². The molecule has 10 heteroatoms. The summed E-state index contributed by atoms with van der Waals surface area (Å²) in [6.45, 7) is 14.0. The predicted octanol–water partition coefficient (Wildman–Crippen LogP) is 4.09. The van der Waals surface area contributed by atoms with E-state index < -0.39 is 42.1 Å². The fourth-order valence-corrected chi connectivity index (χ4v) is 7.04. The molecule has 0 bridgehead atoms. The number of Topliss-reactive ketones (excluding diaryl/α,β-unsaturated/α-hetero) is 1. The molecule has 0 spiro atoms. The van der Waals surface area contributed by atoms with E-state index >= 15 is 0 Å². The maximum Gasteiger partial charge on any atom is 0.408 e. The minimum Gasteiger partial charge on any atom is -0.444 e. The van der Waals surface area contributed by atoms with Crippen molar-refractivity contribution in [2.24, 2.45) is 5.92 Å². The summed E-state index contributed by atoms with van der Waals surface area (Å²) in [6.07, 6.45) is -0.345. The maximum absolute atomic E-state index is 13.1. The predicted molar refractivity (Wildman–Crippen MR) is 128 cm³/mol. The van der Waals surface area contributed by atoms with Crippen LogP contribution in [0.25, 0.3) is 0 Å². The minimum atomic E-state index is -4.16. The van der Waals surface area contributed by atoms with Crippen LogP contribution in [0.15, 0.2) is 30.3 Å². The van der Waals surface area contributed by atoms with Gasteiger partial charge in [-0.3, -0.25) is 8.98 Å².